The first-order chi connectivity index (χ1) is 8.49. The highest BCUT2D eigenvalue weighted by Gasteiger charge is 2.17. The first-order valence-corrected chi connectivity index (χ1v) is 8.32. The summed E-state index contributed by atoms with van der Waals surface area (Å²) in [6.07, 6.45) is 0.276. The van der Waals surface area contributed by atoms with Gasteiger partial charge in [0.25, 0.3) is 0 Å². The van der Waals surface area contributed by atoms with E-state index in [9.17, 15) is 8.78 Å². The number of hydrogen-bond donors (Lipinski definition) is 0. The molecule has 1 aromatic heterocycles. The monoisotopic (exact) mass is 458 g/mol. The molecule has 2 rings (SSSR count). The van der Waals surface area contributed by atoms with Crippen LogP contribution in [0.15, 0.2) is 32.5 Å². The topological polar surface area (TPSA) is 0 Å². The molecule has 1 atom stereocenters. The second-order valence-electron chi connectivity index (χ2n) is 3.64. The zero-order valence-corrected chi connectivity index (χ0v) is 14.5. The van der Waals surface area contributed by atoms with Gasteiger partial charge in [0.05, 0.1) is 8.61 Å². The van der Waals surface area contributed by atoms with E-state index in [0.29, 0.717) is 0 Å². The van der Waals surface area contributed by atoms with Gasteiger partial charge in [-0.2, -0.15) is 0 Å². The van der Waals surface area contributed by atoms with E-state index < -0.39 is 11.6 Å². The van der Waals surface area contributed by atoms with E-state index in [0.717, 1.165) is 13.1 Å². The van der Waals surface area contributed by atoms with Gasteiger partial charge >= 0.3 is 0 Å². The van der Waals surface area contributed by atoms with E-state index >= 15 is 0 Å². The Morgan fingerprint density at radius 1 is 1.17 bits per heavy atom. The van der Waals surface area contributed by atoms with Crippen molar-refractivity contribution in [2.24, 2.45) is 0 Å². The maximum atomic E-state index is 13.5. The summed E-state index contributed by atoms with van der Waals surface area (Å²) in [7, 11) is 0. The van der Waals surface area contributed by atoms with Crippen LogP contribution in [0.3, 0.4) is 0 Å². The Morgan fingerprint density at radius 3 is 2.28 bits per heavy atom. The predicted molar refractivity (Wildman–Crippen MR) is 81.4 cm³/mol. The third-order valence-electron chi connectivity index (χ3n) is 2.42. The van der Waals surface area contributed by atoms with E-state index in [-0.39, 0.29) is 16.8 Å². The molecule has 0 aliphatic carbocycles. The van der Waals surface area contributed by atoms with Crippen molar-refractivity contribution in [3.05, 3.63) is 54.6 Å². The fourth-order valence-corrected chi connectivity index (χ4v) is 4.33. The first kappa shape index (κ1) is 14.6. The van der Waals surface area contributed by atoms with Crippen LogP contribution in [-0.4, -0.2) is 0 Å². The summed E-state index contributed by atoms with van der Waals surface area (Å²) in [4.78, 5) is 0.896. The van der Waals surface area contributed by atoms with Gasteiger partial charge in [-0.05, 0) is 56.5 Å². The molecule has 1 unspecified atom stereocenters. The van der Waals surface area contributed by atoms with Crippen molar-refractivity contribution >= 4 is 59.1 Å². The molecule has 1 aromatic carbocycles. The largest absolute Gasteiger partial charge is 0.207 e. The van der Waals surface area contributed by atoms with Crippen molar-refractivity contribution in [3.63, 3.8) is 0 Å². The van der Waals surface area contributed by atoms with Crippen LogP contribution in [0.1, 0.15) is 15.3 Å². The van der Waals surface area contributed by atoms with Crippen molar-refractivity contribution in [1.82, 2.24) is 0 Å². The minimum Gasteiger partial charge on any atom is -0.207 e. The highest BCUT2D eigenvalue weighted by atomic mass is 79.9. The molecule has 0 amide bonds. The van der Waals surface area contributed by atoms with E-state index in [2.05, 4.69) is 47.8 Å². The molecular weight excluding hydrogens is 454 g/mol. The predicted octanol–water partition coefficient (Wildman–Crippen LogP) is 6.23. The lowest BCUT2D eigenvalue weighted by atomic mass is 10.1. The zero-order valence-electron chi connectivity index (χ0n) is 8.89. The molecule has 0 spiro atoms. The third kappa shape index (κ3) is 3.21. The molecule has 6 heteroatoms. The maximum Gasteiger partial charge on any atom is 0.129 e. The number of benzene rings is 1. The highest BCUT2D eigenvalue weighted by Crippen LogP contribution is 2.40. The second-order valence-corrected chi connectivity index (χ2v) is 8.00. The quantitative estimate of drug-likeness (QED) is 0.476. The number of hydrogen-bond acceptors (Lipinski definition) is 1. The van der Waals surface area contributed by atoms with Gasteiger partial charge in [-0.25, -0.2) is 8.78 Å². The van der Waals surface area contributed by atoms with Gasteiger partial charge in [-0.15, -0.1) is 11.3 Å². The summed E-state index contributed by atoms with van der Waals surface area (Å²) in [5, 5.41) is 0. The fraction of sp³-hybridized carbons (Fsp3) is 0.167. The van der Waals surface area contributed by atoms with E-state index in [4.69, 9.17) is 0 Å². The van der Waals surface area contributed by atoms with Gasteiger partial charge in [0.2, 0.25) is 0 Å². The molecule has 0 N–H and O–H groups in total. The van der Waals surface area contributed by atoms with Crippen LogP contribution < -0.4 is 0 Å². The Morgan fingerprint density at radius 2 is 1.78 bits per heavy atom. The van der Waals surface area contributed by atoms with Crippen molar-refractivity contribution in [3.8, 4) is 0 Å². The Kier molecular flexibility index (Phi) is 4.97. The molecule has 1 heterocycles. The molecule has 0 radical (unpaired) electrons. The van der Waals surface area contributed by atoms with Crippen LogP contribution in [0.25, 0.3) is 0 Å². The average molecular weight is 461 g/mol. The minimum atomic E-state index is -0.505. The molecule has 0 nitrogen and oxygen atoms in total. The summed E-state index contributed by atoms with van der Waals surface area (Å²) >= 11 is 11.8. The van der Waals surface area contributed by atoms with Crippen molar-refractivity contribution in [1.29, 1.82) is 0 Å². The highest BCUT2D eigenvalue weighted by molar-refractivity contribution is 9.13. The number of halogens is 5. The molecule has 96 valence electrons. The average Bonchev–Trinajstić information content (AvgIpc) is 2.64. The molecule has 0 bridgehead atoms. The van der Waals surface area contributed by atoms with Gasteiger partial charge in [-0.1, -0.05) is 22.0 Å². The molecule has 0 saturated carbocycles. The summed E-state index contributed by atoms with van der Waals surface area (Å²) in [6, 6.07) is 5.86. The Labute approximate surface area is 133 Å². The number of alkyl halides is 1. The smallest absolute Gasteiger partial charge is 0.129 e. The standard InChI is InChI=1S/C12H7Br3F2S/c13-7(11-5-8(14)12(15)18-11)4-6-9(16)2-1-3-10(6)17/h1-3,5,7H,4H2. The van der Waals surface area contributed by atoms with Gasteiger partial charge in [-0.3, -0.25) is 0 Å². The number of rotatable bonds is 3. The molecule has 2 aromatic rings. The van der Waals surface area contributed by atoms with Crippen molar-refractivity contribution in [2.75, 3.05) is 0 Å². The van der Waals surface area contributed by atoms with Crippen LogP contribution >= 0.6 is 59.1 Å². The molecule has 0 aliphatic heterocycles. The summed E-state index contributed by atoms with van der Waals surface area (Å²) in [5.74, 6) is -1.01. The van der Waals surface area contributed by atoms with Crippen molar-refractivity contribution in [2.45, 2.75) is 11.2 Å². The van der Waals surface area contributed by atoms with Crippen LogP contribution in [0, 0.1) is 11.6 Å². The Bertz CT molecular complexity index is 529. The third-order valence-corrected chi connectivity index (χ3v) is 6.91. The van der Waals surface area contributed by atoms with Gasteiger partial charge < -0.3 is 0 Å². The van der Waals surface area contributed by atoms with Gasteiger partial charge in [0.1, 0.15) is 11.6 Å². The van der Waals surface area contributed by atoms with Crippen LogP contribution in [0.5, 0.6) is 0 Å². The lowest BCUT2D eigenvalue weighted by Crippen LogP contribution is -1.99. The zero-order chi connectivity index (χ0) is 13.3. The molecule has 0 saturated heterocycles. The summed E-state index contributed by atoms with van der Waals surface area (Å²) in [5.41, 5.74) is 0.111. The molecule has 18 heavy (non-hydrogen) atoms. The summed E-state index contributed by atoms with van der Waals surface area (Å²) < 4.78 is 29.0. The summed E-state index contributed by atoms with van der Waals surface area (Å²) in [6.45, 7) is 0. The Balaban J connectivity index is 2.23. The molecular formula is C12H7Br3F2S. The maximum absolute atomic E-state index is 13.5. The van der Waals surface area contributed by atoms with E-state index in [1.54, 1.807) is 0 Å². The SMILES string of the molecule is Fc1cccc(F)c1CC(Br)c1cc(Br)c(Br)s1. The lowest BCUT2D eigenvalue weighted by molar-refractivity contribution is 0.554. The molecule has 0 aliphatic rings. The first-order valence-electron chi connectivity index (χ1n) is 5.00. The van der Waals surface area contributed by atoms with Crippen LogP contribution in [-0.2, 0) is 6.42 Å². The van der Waals surface area contributed by atoms with Crippen molar-refractivity contribution < 1.29 is 8.78 Å². The molecule has 0 fully saturated rings. The fourth-order valence-electron chi connectivity index (χ4n) is 1.52. The van der Waals surface area contributed by atoms with Gasteiger partial charge in [0.15, 0.2) is 0 Å². The second kappa shape index (κ2) is 6.11. The Hall–Kier alpha value is 0.220. The van der Waals surface area contributed by atoms with Crippen LogP contribution in [0.2, 0.25) is 0 Å². The van der Waals surface area contributed by atoms with E-state index in [1.165, 1.54) is 29.5 Å². The normalized spacial score (nSPS) is 12.7. The lowest BCUT2D eigenvalue weighted by Gasteiger charge is -2.09. The number of thiophene rings is 1. The minimum absolute atomic E-state index is 0.111. The van der Waals surface area contributed by atoms with E-state index in [1.807, 2.05) is 6.07 Å². The van der Waals surface area contributed by atoms with Crippen LogP contribution in [0.4, 0.5) is 8.78 Å². The van der Waals surface area contributed by atoms with Gasteiger partial charge in [0, 0.05) is 14.9 Å².